The zero-order valence-corrected chi connectivity index (χ0v) is 16.1. The fourth-order valence-electron chi connectivity index (χ4n) is 3.04. The van der Waals surface area contributed by atoms with Gasteiger partial charge in [0.2, 0.25) is 0 Å². The van der Waals surface area contributed by atoms with E-state index in [0.29, 0.717) is 11.1 Å². The van der Waals surface area contributed by atoms with Gasteiger partial charge in [0.05, 0.1) is 6.54 Å². The minimum Gasteiger partial charge on any atom is -0.484 e. The number of halogens is 5. The summed E-state index contributed by atoms with van der Waals surface area (Å²) >= 11 is 0. The van der Waals surface area contributed by atoms with Crippen molar-refractivity contribution >= 4 is 11.9 Å². The molecule has 166 valence electrons. The number of carbonyl (C=O) groups excluding carboxylic acids is 2. The summed E-state index contributed by atoms with van der Waals surface area (Å²) in [4.78, 5) is 26.3. The van der Waals surface area contributed by atoms with Crippen LogP contribution in [-0.2, 0) is 16.9 Å². The second-order valence-electron chi connectivity index (χ2n) is 6.90. The van der Waals surface area contributed by atoms with Gasteiger partial charge in [-0.3, -0.25) is 9.69 Å². The number of nitrogens with zero attached hydrogens (tertiary/aromatic N) is 1. The Hall–Kier alpha value is -3.37. The number of rotatable bonds is 7. The lowest BCUT2D eigenvalue weighted by molar-refractivity contribution is -0.153. The van der Waals surface area contributed by atoms with E-state index in [0.717, 1.165) is 4.90 Å². The molecule has 31 heavy (non-hydrogen) atoms. The molecule has 2 aromatic carbocycles. The Balaban J connectivity index is 1.70. The first-order chi connectivity index (χ1) is 14.5. The molecule has 1 aliphatic rings. The Kier molecular flexibility index (Phi) is 6.05. The van der Waals surface area contributed by atoms with Crippen molar-refractivity contribution < 1.29 is 41.0 Å². The van der Waals surface area contributed by atoms with Crippen molar-refractivity contribution in [1.82, 2.24) is 10.2 Å². The molecular weight excluding hydrogens is 427 g/mol. The van der Waals surface area contributed by atoms with Gasteiger partial charge in [0.15, 0.2) is 6.61 Å². The molecule has 0 saturated carbocycles. The van der Waals surface area contributed by atoms with E-state index in [9.17, 15) is 31.5 Å². The molecule has 11 heteroatoms. The Bertz CT molecular complexity index is 948. The number of imide groups is 1. The molecule has 2 aromatic rings. The van der Waals surface area contributed by atoms with Gasteiger partial charge in [-0.05, 0) is 42.3 Å². The van der Waals surface area contributed by atoms with E-state index in [4.69, 9.17) is 0 Å². The number of alkyl halides is 5. The van der Waals surface area contributed by atoms with E-state index < -0.39 is 36.9 Å². The lowest BCUT2D eigenvalue weighted by atomic mass is 9.92. The van der Waals surface area contributed by atoms with Crippen LogP contribution in [-0.4, -0.2) is 36.2 Å². The van der Waals surface area contributed by atoms with Gasteiger partial charge in [-0.25, -0.2) is 4.79 Å². The molecule has 1 aliphatic heterocycles. The van der Waals surface area contributed by atoms with E-state index in [1.54, 1.807) is 0 Å². The van der Waals surface area contributed by atoms with Crippen LogP contribution in [0.25, 0.3) is 0 Å². The highest BCUT2D eigenvalue weighted by Crippen LogP contribution is 2.31. The van der Waals surface area contributed by atoms with Crippen LogP contribution in [0.4, 0.5) is 26.7 Å². The van der Waals surface area contributed by atoms with E-state index in [-0.39, 0.29) is 18.0 Å². The molecule has 1 N–H and O–H groups in total. The number of nitrogens with one attached hydrogen (secondary N) is 1. The maximum Gasteiger partial charge on any atom is 0.422 e. The summed E-state index contributed by atoms with van der Waals surface area (Å²) in [5.74, 6) is -0.671. The standard InChI is InChI=1S/C20H17F5N2O4/c1-19(13-4-8-15(9-5-13)31-17(21)22)16(28)27(18(29)26-19)10-12-2-6-14(7-3-12)30-11-20(23,24)25/h2-9,17H,10-11H2,1H3,(H,26,29). The average Bonchev–Trinajstić information content (AvgIpc) is 2.91. The summed E-state index contributed by atoms with van der Waals surface area (Å²) in [6, 6.07) is 10.1. The van der Waals surface area contributed by atoms with Crippen LogP contribution in [0.15, 0.2) is 48.5 Å². The third-order valence-electron chi connectivity index (χ3n) is 4.60. The van der Waals surface area contributed by atoms with Gasteiger partial charge >= 0.3 is 18.8 Å². The first-order valence-electron chi connectivity index (χ1n) is 8.96. The second-order valence-corrected chi connectivity index (χ2v) is 6.90. The number of carbonyl (C=O) groups is 2. The zero-order chi connectivity index (χ0) is 22.8. The molecule has 0 aliphatic carbocycles. The summed E-state index contributed by atoms with van der Waals surface area (Å²) in [6.45, 7) is -3.06. The summed E-state index contributed by atoms with van der Waals surface area (Å²) in [5.41, 5.74) is -0.561. The van der Waals surface area contributed by atoms with Crippen LogP contribution in [0.2, 0.25) is 0 Å². The largest absolute Gasteiger partial charge is 0.484 e. The Labute approximate surface area is 173 Å². The van der Waals surface area contributed by atoms with Gasteiger partial charge in [-0.1, -0.05) is 24.3 Å². The summed E-state index contributed by atoms with van der Waals surface area (Å²) < 4.78 is 70.1. The van der Waals surface area contributed by atoms with Crippen molar-refractivity contribution in [2.24, 2.45) is 0 Å². The van der Waals surface area contributed by atoms with Crippen LogP contribution in [0, 0.1) is 0 Å². The molecular formula is C20H17F5N2O4. The van der Waals surface area contributed by atoms with E-state index in [2.05, 4.69) is 14.8 Å². The van der Waals surface area contributed by atoms with Crippen molar-refractivity contribution in [3.63, 3.8) is 0 Å². The first-order valence-corrected chi connectivity index (χ1v) is 8.96. The van der Waals surface area contributed by atoms with E-state index >= 15 is 0 Å². The van der Waals surface area contributed by atoms with Gasteiger partial charge in [0.25, 0.3) is 5.91 Å². The third-order valence-corrected chi connectivity index (χ3v) is 4.60. The maximum absolute atomic E-state index is 12.9. The number of urea groups is 1. The average molecular weight is 444 g/mol. The fraction of sp³-hybridized carbons (Fsp3) is 0.300. The molecule has 1 fully saturated rings. The predicted molar refractivity (Wildman–Crippen MR) is 97.5 cm³/mol. The SMILES string of the molecule is CC1(c2ccc(OC(F)F)cc2)NC(=O)N(Cc2ccc(OCC(F)(F)F)cc2)C1=O. The predicted octanol–water partition coefficient (Wildman–Crippen LogP) is 4.20. The van der Waals surface area contributed by atoms with Gasteiger partial charge in [0, 0.05) is 0 Å². The quantitative estimate of drug-likeness (QED) is 0.514. The first kappa shape index (κ1) is 22.3. The van der Waals surface area contributed by atoms with Gasteiger partial charge in [0.1, 0.15) is 17.0 Å². The highest BCUT2D eigenvalue weighted by atomic mass is 19.4. The van der Waals surface area contributed by atoms with Crippen LogP contribution < -0.4 is 14.8 Å². The zero-order valence-electron chi connectivity index (χ0n) is 16.1. The minimum atomic E-state index is -4.47. The van der Waals surface area contributed by atoms with Crippen LogP contribution in [0.3, 0.4) is 0 Å². The number of hydrogen-bond donors (Lipinski definition) is 1. The molecule has 0 aromatic heterocycles. The molecule has 3 rings (SSSR count). The Morgan fingerprint density at radius 2 is 1.58 bits per heavy atom. The van der Waals surface area contributed by atoms with Crippen molar-refractivity contribution in [3.8, 4) is 11.5 Å². The van der Waals surface area contributed by atoms with Crippen molar-refractivity contribution in [3.05, 3.63) is 59.7 Å². The molecule has 0 radical (unpaired) electrons. The lowest BCUT2D eigenvalue weighted by Crippen LogP contribution is -2.40. The van der Waals surface area contributed by atoms with E-state index in [1.165, 1.54) is 55.5 Å². The molecule has 0 spiro atoms. The van der Waals surface area contributed by atoms with Crippen LogP contribution in [0.1, 0.15) is 18.1 Å². The smallest absolute Gasteiger partial charge is 0.422 e. The van der Waals surface area contributed by atoms with Gasteiger partial charge in [-0.15, -0.1) is 0 Å². The van der Waals surface area contributed by atoms with Crippen LogP contribution >= 0.6 is 0 Å². The molecule has 1 heterocycles. The van der Waals surface area contributed by atoms with Gasteiger partial charge < -0.3 is 14.8 Å². The number of hydrogen-bond acceptors (Lipinski definition) is 4. The summed E-state index contributed by atoms with van der Waals surface area (Å²) in [5, 5.41) is 2.57. The Morgan fingerprint density at radius 1 is 1.00 bits per heavy atom. The topological polar surface area (TPSA) is 67.9 Å². The number of ether oxygens (including phenoxy) is 2. The maximum atomic E-state index is 12.9. The highest BCUT2D eigenvalue weighted by molar-refractivity contribution is 6.07. The lowest BCUT2D eigenvalue weighted by Gasteiger charge is -2.22. The van der Waals surface area contributed by atoms with Crippen molar-refractivity contribution in [1.29, 1.82) is 0 Å². The van der Waals surface area contributed by atoms with Crippen molar-refractivity contribution in [2.75, 3.05) is 6.61 Å². The molecule has 1 unspecified atom stereocenters. The van der Waals surface area contributed by atoms with E-state index in [1.807, 2.05) is 0 Å². The molecule has 1 atom stereocenters. The molecule has 3 amide bonds. The highest BCUT2D eigenvalue weighted by Gasteiger charge is 2.48. The molecule has 1 saturated heterocycles. The van der Waals surface area contributed by atoms with Crippen LogP contribution in [0.5, 0.6) is 11.5 Å². The molecule has 6 nitrogen and oxygen atoms in total. The second kappa shape index (κ2) is 8.40. The number of benzene rings is 2. The molecule has 0 bridgehead atoms. The van der Waals surface area contributed by atoms with Gasteiger partial charge in [-0.2, -0.15) is 22.0 Å². The monoisotopic (exact) mass is 444 g/mol. The summed E-state index contributed by atoms with van der Waals surface area (Å²) in [6.07, 6.45) is -4.47. The normalized spacial score (nSPS) is 19.0. The Morgan fingerprint density at radius 3 is 2.13 bits per heavy atom. The third kappa shape index (κ3) is 5.22. The summed E-state index contributed by atoms with van der Waals surface area (Å²) in [7, 11) is 0. The minimum absolute atomic E-state index is 0.00535. The fourth-order valence-corrected chi connectivity index (χ4v) is 3.04. The number of amides is 3. The van der Waals surface area contributed by atoms with Crippen molar-refractivity contribution in [2.45, 2.75) is 31.8 Å².